The average Bonchev–Trinajstić information content (AvgIpc) is 2.68. The zero-order chi connectivity index (χ0) is 13.6. The van der Waals surface area contributed by atoms with Crippen LogP contribution in [0.1, 0.15) is 38.5 Å². The van der Waals surface area contributed by atoms with Crippen LogP contribution in [0.5, 0.6) is 0 Å². The number of hydrogen-bond acceptors (Lipinski definition) is 4. The summed E-state index contributed by atoms with van der Waals surface area (Å²) in [6.45, 7) is 0.702. The van der Waals surface area contributed by atoms with Gasteiger partial charge < -0.3 is 10.6 Å². The molecule has 106 valence electrons. The first-order valence-corrected chi connectivity index (χ1v) is 8.44. The van der Waals surface area contributed by atoms with Gasteiger partial charge in [-0.25, -0.2) is 8.42 Å². The van der Waals surface area contributed by atoms with Crippen molar-refractivity contribution >= 4 is 15.7 Å². The predicted molar refractivity (Wildman–Crippen MR) is 72.0 cm³/mol. The third-order valence-electron chi connectivity index (χ3n) is 3.49. The molecule has 0 aromatic carbocycles. The van der Waals surface area contributed by atoms with Gasteiger partial charge in [0.25, 0.3) is 0 Å². The summed E-state index contributed by atoms with van der Waals surface area (Å²) in [4.78, 5) is 13.5. The SMILES string of the molecule is CN(C(=O)CCCCCCN)C1CCS(=O)(=O)C1. The number of nitrogens with zero attached hydrogens (tertiary/aromatic N) is 1. The zero-order valence-electron chi connectivity index (χ0n) is 11.1. The first-order valence-electron chi connectivity index (χ1n) is 6.62. The smallest absolute Gasteiger partial charge is 0.222 e. The third-order valence-corrected chi connectivity index (χ3v) is 5.24. The lowest BCUT2D eigenvalue weighted by Crippen LogP contribution is -2.37. The monoisotopic (exact) mass is 276 g/mol. The minimum atomic E-state index is -2.91. The van der Waals surface area contributed by atoms with E-state index in [0.29, 0.717) is 19.4 Å². The van der Waals surface area contributed by atoms with Crippen LogP contribution in [0.4, 0.5) is 0 Å². The second-order valence-electron chi connectivity index (χ2n) is 5.01. The van der Waals surface area contributed by atoms with Crippen LogP contribution in [0.25, 0.3) is 0 Å². The number of unbranched alkanes of at least 4 members (excludes halogenated alkanes) is 3. The molecule has 0 aromatic heterocycles. The molecule has 0 radical (unpaired) electrons. The molecule has 1 rings (SSSR count). The van der Waals surface area contributed by atoms with Crippen molar-refractivity contribution in [3.8, 4) is 0 Å². The summed E-state index contributed by atoms with van der Waals surface area (Å²) >= 11 is 0. The standard InChI is InChI=1S/C12H24N2O3S/c1-14(11-7-9-18(16,17)10-11)12(15)6-4-2-3-5-8-13/h11H,2-10,13H2,1H3. The van der Waals surface area contributed by atoms with E-state index in [0.717, 1.165) is 25.7 Å². The summed E-state index contributed by atoms with van der Waals surface area (Å²) in [5.41, 5.74) is 5.39. The Morgan fingerprint density at radius 2 is 1.94 bits per heavy atom. The van der Waals surface area contributed by atoms with Gasteiger partial charge in [0, 0.05) is 19.5 Å². The van der Waals surface area contributed by atoms with E-state index in [1.165, 1.54) is 0 Å². The normalized spacial score (nSPS) is 22.0. The van der Waals surface area contributed by atoms with Gasteiger partial charge in [-0.3, -0.25) is 4.79 Å². The second kappa shape index (κ2) is 7.09. The van der Waals surface area contributed by atoms with Crippen LogP contribution in [-0.2, 0) is 14.6 Å². The van der Waals surface area contributed by atoms with Crippen LogP contribution in [-0.4, -0.2) is 50.4 Å². The molecule has 1 heterocycles. The molecule has 0 bridgehead atoms. The van der Waals surface area contributed by atoms with Crippen LogP contribution in [0, 0.1) is 0 Å². The summed E-state index contributed by atoms with van der Waals surface area (Å²) in [5, 5.41) is 0. The highest BCUT2D eigenvalue weighted by Crippen LogP contribution is 2.17. The molecular weight excluding hydrogens is 252 g/mol. The Morgan fingerprint density at radius 3 is 2.50 bits per heavy atom. The van der Waals surface area contributed by atoms with Gasteiger partial charge in [0.05, 0.1) is 11.5 Å². The Morgan fingerprint density at radius 1 is 1.28 bits per heavy atom. The van der Waals surface area contributed by atoms with Gasteiger partial charge in [-0.15, -0.1) is 0 Å². The Labute approximate surface area is 110 Å². The lowest BCUT2D eigenvalue weighted by atomic mass is 10.1. The van der Waals surface area contributed by atoms with Crippen molar-refractivity contribution < 1.29 is 13.2 Å². The number of carbonyl (C=O) groups is 1. The van der Waals surface area contributed by atoms with E-state index < -0.39 is 9.84 Å². The van der Waals surface area contributed by atoms with Gasteiger partial charge in [-0.1, -0.05) is 12.8 Å². The Bertz CT molecular complexity index is 368. The number of carbonyl (C=O) groups excluding carboxylic acids is 1. The molecular formula is C12H24N2O3S. The van der Waals surface area contributed by atoms with E-state index in [1.54, 1.807) is 11.9 Å². The van der Waals surface area contributed by atoms with Gasteiger partial charge in [0.1, 0.15) is 0 Å². The maximum atomic E-state index is 11.9. The maximum absolute atomic E-state index is 11.9. The molecule has 1 atom stereocenters. The van der Waals surface area contributed by atoms with Crippen LogP contribution in [0.15, 0.2) is 0 Å². The Kier molecular flexibility index (Phi) is 6.08. The maximum Gasteiger partial charge on any atom is 0.222 e. The van der Waals surface area contributed by atoms with E-state index in [4.69, 9.17) is 5.73 Å². The molecule has 1 fully saturated rings. The van der Waals surface area contributed by atoms with Gasteiger partial charge in [0.15, 0.2) is 9.84 Å². The van der Waals surface area contributed by atoms with Gasteiger partial charge in [0.2, 0.25) is 5.91 Å². The fraction of sp³-hybridized carbons (Fsp3) is 0.917. The van der Waals surface area contributed by atoms with Crippen molar-refractivity contribution in [2.45, 2.75) is 44.6 Å². The topological polar surface area (TPSA) is 80.5 Å². The average molecular weight is 276 g/mol. The van der Waals surface area contributed by atoms with Gasteiger partial charge in [-0.2, -0.15) is 0 Å². The zero-order valence-corrected chi connectivity index (χ0v) is 11.9. The van der Waals surface area contributed by atoms with Crippen molar-refractivity contribution in [1.82, 2.24) is 4.90 Å². The predicted octanol–water partition coefficient (Wildman–Crippen LogP) is 0.541. The third kappa shape index (κ3) is 4.94. The molecule has 1 aliphatic heterocycles. The first kappa shape index (κ1) is 15.4. The molecule has 18 heavy (non-hydrogen) atoms. The highest BCUT2D eigenvalue weighted by Gasteiger charge is 2.32. The molecule has 0 aromatic rings. The van der Waals surface area contributed by atoms with E-state index in [2.05, 4.69) is 0 Å². The lowest BCUT2D eigenvalue weighted by molar-refractivity contribution is -0.131. The fourth-order valence-electron chi connectivity index (χ4n) is 2.23. The van der Waals surface area contributed by atoms with Crippen LogP contribution in [0.3, 0.4) is 0 Å². The van der Waals surface area contributed by atoms with Crippen molar-refractivity contribution in [1.29, 1.82) is 0 Å². The summed E-state index contributed by atoms with van der Waals surface area (Å²) in [7, 11) is -1.20. The Balaban J connectivity index is 2.25. The highest BCUT2D eigenvalue weighted by molar-refractivity contribution is 7.91. The molecule has 6 heteroatoms. The molecule has 0 spiro atoms. The Hall–Kier alpha value is -0.620. The second-order valence-corrected chi connectivity index (χ2v) is 7.24. The van der Waals surface area contributed by atoms with E-state index in [-0.39, 0.29) is 23.5 Å². The summed E-state index contributed by atoms with van der Waals surface area (Å²) < 4.78 is 22.7. The van der Waals surface area contributed by atoms with Crippen LogP contribution in [0.2, 0.25) is 0 Å². The lowest BCUT2D eigenvalue weighted by Gasteiger charge is -2.23. The summed E-state index contributed by atoms with van der Waals surface area (Å²) in [5.74, 6) is 0.402. The van der Waals surface area contributed by atoms with E-state index in [1.807, 2.05) is 0 Å². The molecule has 2 N–H and O–H groups in total. The van der Waals surface area contributed by atoms with Gasteiger partial charge in [-0.05, 0) is 25.8 Å². The molecule has 1 saturated heterocycles. The first-order chi connectivity index (χ1) is 8.46. The van der Waals surface area contributed by atoms with Crippen molar-refractivity contribution in [2.24, 2.45) is 5.73 Å². The molecule has 1 amide bonds. The molecule has 0 aliphatic carbocycles. The highest BCUT2D eigenvalue weighted by atomic mass is 32.2. The van der Waals surface area contributed by atoms with Gasteiger partial charge >= 0.3 is 0 Å². The van der Waals surface area contributed by atoms with Crippen molar-refractivity contribution in [3.05, 3.63) is 0 Å². The quantitative estimate of drug-likeness (QED) is 0.688. The molecule has 1 unspecified atom stereocenters. The largest absolute Gasteiger partial charge is 0.342 e. The van der Waals surface area contributed by atoms with Crippen molar-refractivity contribution in [2.75, 3.05) is 25.1 Å². The van der Waals surface area contributed by atoms with E-state index >= 15 is 0 Å². The number of hydrogen-bond donors (Lipinski definition) is 1. The van der Waals surface area contributed by atoms with Crippen LogP contribution >= 0.6 is 0 Å². The minimum absolute atomic E-state index is 0.0600. The fourth-order valence-corrected chi connectivity index (χ4v) is 4.01. The number of sulfone groups is 1. The molecule has 0 saturated carbocycles. The minimum Gasteiger partial charge on any atom is -0.342 e. The van der Waals surface area contributed by atoms with E-state index in [9.17, 15) is 13.2 Å². The summed E-state index contributed by atoms with van der Waals surface area (Å²) in [6, 6.07) is -0.119. The summed E-state index contributed by atoms with van der Waals surface area (Å²) in [6.07, 6.45) is 5.04. The number of amides is 1. The van der Waals surface area contributed by atoms with Crippen molar-refractivity contribution in [3.63, 3.8) is 0 Å². The van der Waals surface area contributed by atoms with Crippen LogP contribution < -0.4 is 5.73 Å². The number of nitrogens with two attached hydrogens (primary N) is 1. The molecule has 5 nitrogen and oxygen atoms in total. The molecule has 1 aliphatic rings. The number of rotatable bonds is 7.